The number of rotatable bonds is 3. The number of Topliss-reactive ketones (excluding diaryl/α,β-unsaturated/α-hetero) is 1. The number of carbonyl (C=O) groups excluding carboxylic acids is 1. The van der Waals surface area contributed by atoms with Crippen LogP contribution in [0.25, 0.3) is 0 Å². The lowest BCUT2D eigenvalue weighted by atomic mass is 9.85. The van der Waals surface area contributed by atoms with Gasteiger partial charge in [-0.3, -0.25) is 4.79 Å². The Balaban J connectivity index is 1.66. The van der Waals surface area contributed by atoms with Crippen molar-refractivity contribution in [2.45, 2.75) is 24.2 Å². The molecule has 2 fully saturated rings. The highest BCUT2D eigenvalue weighted by Gasteiger charge is 2.70. The van der Waals surface area contributed by atoms with Crippen molar-refractivity contribution in [2.24, 2.45) is 11.8 Å². The molecule has 0 aromatic heterocycles. The van der Waals surface area contributed by atoms with Crippen LogP contribution < -0.4 is 0 Å². The number of sulfonamides is 1. The van der Waals surface area contributed by atoms with E-state index in [1.165, 1.54) is 4.31 Å². The fraction of sp³-hybridized carbons (Fsp3) is 0.350. The molecule has 3 atom stereocenters. The van der Waals surface area contributed by atoms with Gasteiger partial charge in [-0.15, -0.1) is 0 Å². The first-order chi connectivity index (χ1) is 11.9. The zero-order chi connectivity index (χ0) is 17.8. The third kappa shape index (κ3) is 2.29. The van der Waals surface area contributed by atoms with Gasteiger partial charge in [0.2, 0.25) is 10.0 Å². The average molecular weight is 355 g/mol. The number of ketones is 1. The van der Waals surface area contributed by atoms with E-state index in [0.29, 0.717) is 6.54 Å². The summed E-state index contributed by atoms with van der Waals surface area (Å²) in [5, 5.41) is 0. The molecule has 1 aliphatic heterocycles. The Hall–Kier alpha value is -1.98. The van der Waals surface area contributed by atoms with Gasteiger partial charge in [-0.1, -0.05) is 55.0 Å². The van der Waals surface area contributed by atoms with Gasteiger partial charge in [0.25, 0.3) is 0 Å². The predicted molar refractivity (Wildman–Crippen MR) is 95.7 cm³/mol. The number of aryl methyl sites for hydroxylation is 1. The first-order valence-electron chi connectivity index (χ1n) is 8.54. The Morgan fingerprint density at radius 1 is 1.04 bits per heavy atom. The molecule has 2 aromatic carbocycles. The van der Waals surface area contributed by atoms with Gasteiger partial charge >= 0.3 is 0 Å². The second-order valence-corrected chi connectivity index (χ2v) is 9.10. The third-order valence-corrected chi connectivity index (χ3v) is 7.72. The van der Waals surface area contributed by atoms with E-state index in [-0.39, 0.29) is 29.1 Å². The molecule has 0 radical (unpaired) electrons. The third-order valence-electron chi connectivity index (χ3n) is 5.89. The second-order valence-electron chi connectivity index (χ2n) is 7.16. The minimum Gasteiger partial charge on any atom is -0.297 e. The Morgan fingerprint density at radius 3 is 2.28 bits per heavy atom. The molecular weight excluding hydrogens is 334 g/mol. The smallest absolute Gasteiger partial charge is 0.243 e. The van der Waals surface area contributed by atoms with E-state index >= 15 is 0 Å². The van der Waals surface area contributed by atoms with E-state index in [2.05, 4.69) is 6.92 Å². The summed E-state index contributed by atoms with van der Waals surface area (Å²) in [5.41, 5.74) is 1.53. The lowest BCUT2D eigenvalue weighted by Crippen LogP contribution is -2.46. The van der Waals surface area contributed by atoms with Gasteiger partial charge in [-0.2, -0.15) is 4.31 Å². The van der Waals surface area contributed by atoms with Crippen LogP contribution in [0.1, 0.15) is 18.1 Å². The number of benzene rings is 2. The van der Waals surface area contributed by atoms with Gasteiger partial charge in [0.05, 0.1) is 16.9 Å². The molecular formula is C20H21NO3S. The van der Waals surface area contributed by atoms with Crippen molar-refractivity contribution in [3.05, 3.63) is 65.7 Å². The second kappa shape index (κ2) is 5.51. The fourth-order valence-electron chi connectivity index (χ4n) is 4.38. The molecule has 1 saturated heterocycles. The normalized spacial score (nSPS) is 29.3. The predicted octanol–water partition coefficient (Wildman–Crippen LogP) is 2.77. The number of fused-ring (bicyclic) bond motifs is 1. The number of hydrogen-bond donors (Lipinski definition) is 0. The molecule has 5 heteroatoms. The van der Waals surface area contributed by atoms with Crippen LogP contribution in [0.2, 0.25) is 0 Å². The summed E-state index contributed by atoms with van der Waals surface area (Å²) in [6.07, 6.45) is 0. The Bertz CT molecular complexity index is 921. The van der Waals surface area contributed by atoms with Crippen molar-refractivity contribution < 1.29 is 13.2 Å². The molecule has 2 aromatic rings. The Labute approximate surface area is 148 Å². The highest BCUT2D eigenvalue weighted by molar-refractivity contribution is 7.89. The molecule has 4 nitrogen and oxygen atoms in total. The molecule has 0 unspecified atom stereocenters. The van der Waals surface area contributed by atoms with Crippen molar-refractivity contribution in [2.75, 3.05) is 13.1 Å². The average Bonchev–Trinajstić information content (AvgIpc) is 3.22. The van der Waals surface area contributed by atoms with Gasteiger partial charge < -0.3 is 0 Å². The maximum atomic E-state index is 13.0. The van der Waals surface area contributed by atoms with Crippen molar-refractivity contribution >= 4 is 15.8 Å². The molecule has 4 rings (SSSR count). The maximum Gasteiger partial charge on any atom is 0.243 e. The fourth-order valence-corrected chi connectivity index (χ4v) is 5.80. The molecule has 2 aliphatic rings. The van der Waals surface area contributed by atoms with Crippen LogP contribution in [0.3, 0.4) is 0 Å². The summed E-state index contributed by atoms with van der Waals surface area (Å²) < 4.78 is 27.2. The van der Waals surface area contributed by atoms with E-state index < -0.39 is 15.4 Å². The minimum absolute atomic E-state index is 0.0122. The van der Waals surface area contributed by atoms with Gasteiger partial charge in [0.15, 0.2) is 5.78 Å². The van der Waals surface area contributed by atoms with E-state index in [9.17, 15) is 13.2 Å². The number of nitrogens with zero attached hydrogens (tertiary/aromatic N) is 1. The first-order valence-corrected chi connectivity index (χ1v) is 9.98. The number of piperidine rings is 1. The summed E-state index contributed by atoms with van der Waals surface area (Å²) in [5.74, 6) is 0.232. The van der Waals surface area contributed by atoms with Crippen molar-refractivity contribution in [3.8, 4) is 0 Å². The summed E-state index contributed by atoms with van der Waals surface area (Å²) in [7, 11) is -3.64. The van der Waals surface area contributed by atoms with Gasteiger partial charge in [-0.05, 0) is 36.5 Å². The van der Waals surface area contributed by atoms with Crippen molar-refractivity contribution in [1.29, 1.82) is 0 Å². The van der Waals surface area contributed by atoms with Crippen LogP contribution in [-0.2, 0) is 20.2 Å². The summed E-state index contributed by atoms with van der Waals surface area (Å²) in [4.78, 5) is 13.3. The quantitative estimate of drug-likeness (QED) is 0.851. The lowest BCUT2D eigenvalue weighted by Gasteiger charge is -2.30. The maximum absolute atomic E-state index is 13.0. The van der Waals surface area contributed by atoms with Gasteiger partial charge in [-0.25, -0.2) is 8.42 Å². The van der Waals surface area contributed by atoms with E-state index in [0.717, 1.165) is 11.1 Å². The first kappa shape index (κ1) is 16.5. The molecule has 1 heterocycles. The molecule has 0 N–H and O–H groups in total. The standard InChI is InChI=1S/C20H21NO3S/c1-14-8-10-17(11-9-14)25(23,24)21-12-18-15(2)20(18,19(22)13-21)16-6-4-3-5-7-16/h3-11,15,18H,12-13H2,1-2H3/t15-,18-,20-/m1/s1. The van der Waals surface area contributed by atoms with Crippen molar-refractivity contribution in [1.82, 2.24) is 4.31 Å². The highest BCUT2D eigenvalue weighted by Crippen LogP contribution is 2.62. The van der Waals surface area contributed by atoms with Crippen LogP contribution in [0, 0.1) is 18.8 Å². The summed E-state index contributed by atoms with van der Waals surface area (Å²) >= 11 is 0. The summed E-state index contributed by atoms with van der Waals surface area (Å²) in [6.45, 7) is 4.32. The Morgan fingerprint density at radius 2 is 1.68 bits per heavy atom. The molecule has 0 spiro atoms. The largest absolute Gasteiger partial charge is 0.297 e. The number of carbonyl (C=O) groups is 1. The molecule has 25 heavy (non-hydrogen) atoms. The van der Waals surface area contributed by atoms with Gasteiger partial charge in [0.1, 0.15) is 0 Å². The monoisotopic (exact) mass is 355 g/mol. The minimum atomic E-state index is -3.64. The summed E-state index contributed by atoms with van der Waals surface area (Å²) in [6, 6.07) is 16.6. The van der Waals surface area contributed by atoms with Crippen LogP contribution in [0.5, 0.6) is 0 Å². The van der Waals surface area contributed by atoms with E-state index in [1.54, 1.807) is 24.3 Å². The molecule has 0 bridgehead atoms. The molecule has 1 saturated carbocycles. The van der Waals surface area contributed by atoms with E-state index in [1.807, 2.05) is 37.3 Å². The van der Waals surface area contributed by atoms with Crippen molar-refractivity contribution in [3.63, 3.8) is 0 Å². The highest BCUT2D eigenvalue weighted by atomic mass is 32.2. The van der Waals surface area contributed by atoms with Crippen LogP contribution in [0.15, 0.2) is 59.5 Å². The SMILES string of the molecule is Cc1ccc(S(=O)(=O)N2CC(=O)[C@@]3(c4ccccc4)[C@H](C)[C@H]3C2)cc1. The van der Waals surface area contributed by atoms with Gasteiger partial charge in [0, 0.05) is 6.54 Å². The molecule has 130 valence electrons. The van der Waals surface area contributed by atoms with Crippen LogP contribution in [-0.4, -0.2) is 31.6 Å². The number of hydrogen-bond acceptors (Lipinski definition) is 3. The Kier molecular flexibility index (Phi) is 3.63. The van der Waals surface area contributed by atoms with E-state index in [4.69, 9.17) is 0 Å². The molecule has 0 amide bonds. The van der Waals surface area contributed by atoms with Crippen LogP contribution >= 0.6 is 0 Å². The molecule has 1 aliphatic carbocycles. The van der Waals surface area contributed by atoms with Crippen LogP contribution in [0.4, 0.5) is 0 Å². The topological polar surface area (TPSA) is 54.5 Å². The zero-order valence-electron chi connectivity index (χ0n) is 14.3. The lowest BCUT2D eigenvalue weighted by molar-refractivity contribution is -0.123. The zero-order valence-corrected chi connectivity index (χ0v) is 15.2.